The molecule has 4 nitrogen and oxygen atoms in total. The number of hydrogen-bond donors (Lipinski definition) is 2. The summed E-state index contributed by atoms with van der Waals surface area (Å²) in [6.07, 6.45) is 2.11. The van der Waals surface area contributed by atoms with Gasteiger partial charge in [-0.3, -0.25) is 4.90 Å². The van der Waals surface area contributed by atoms with E-state index in [-0.39, 0.29) is 6.03 Å². The smallest absolute Gasteiger partial charge is 0.315 e. The van der Waals surface area contributed by atoms with Gasteiger partial charge in [0.05, 0.1) is 0 Å². The lowest BCUT2D eigenvalue weighted by Crippen LogP contribution is -2.35. The van der Waals surface area contributed by atoms with Crippen LogP contribution in [0.1, 0.15) is 44.7 Å². The standard InChI is InChI=1S/C17H29N3O/c1-4-7-12-18-17(21)19-13-15-10-8-9-11-16(15)14-20(5-2)6-3/h8-11H,4-7,12-14H2,1-3H3,(H2,18,19,21). The fraction of sp³-hybridized carbons (Fsp3) is 0.588. The van der Waals surface area contributed by atoms with E-state index < -0.39 is 0 Å². The number of nitrogens with one attached hydrogen (secondary N) is 2. The largest absolute Gasteiger partial charge is 0.338 e. The normalized spacial score (nSPS) is 10.7. The molecule has 0 spiro atoms. The van der Waals surface area contributed by atoms with E-state index >= 15 is 0 Å². The highest BCUT2D eigenvalue weighted by Crippen LogP contribution is 2.11. The van der Waals surface area contributed by atoms with Gasteiger partial charge in [-0.25, -0.2) is 4.79 Å². The van der Waals surface area contributed by atoms with Crippen molar-refractivity contribution in [3.8, 4) is 0 Å². The van der Waals surface area contributed by atoms with Crippen LogP contribution in [-0.2, 0) is 13.1 Å². The Hall–Kier alpha value is -1.55. The Morgan fingerprint density at radius 2 is 1.71 bits per heavy atom. The third-order valence-corrected chi connectivity index (χ3v) is 3.66. The number of amides is 2. The van der Waals surface area contributed by atoms with E-state index in [0.717, 1.165) is 39.0 Å². The van der Waals surface area contributed by atoms with Crippen molar-refractivity contribution in [3.05, 3.63) is 35.4 Å². The van der Waals surface area contributed by atoms with Crippen molar-refractivity contribution in [2.45, 2.75) is 46.7 Å². The van der Waals surface area contributed by atoms with Gasteiger partial charge < -0.3 is 10.6 Å². The lowest BCUT2D eigenvalue weighted by Gasteiger charge is -2.20. The minimum atomic E-state index is -0.0823. The highest BCUT2D eigenvalue weighted by atomic mass is 16.2. The topological polar surface area (TPSA) is 44.4 Å². The van der Waals surface area contributed by atoms with Gasteiger partial charge in [-0.2, -0.15) is 0 Å². The molecule has 1 aromatic rings. The molecular formula is C17H29N3O. The molecular weight excluding hydrogens is 262 g/mol. The summed E-state index contributed by atoms with van der Waals surface area (Å²) in [5, 5.41) is 5.81. The molecule has 2 amide bonds. The van der Waals surface area contributed by atoms with E-state index in [1.165, 1.54) is 11.1 Å². The van der Waals surface area contributed by atoms with Gasteiger partial charge in [0.15, 0.2) is 0 Å². The Morgan fingerprint density at radius 3 is 2.33 bits per heavy atom. The van der Waals surface area contributed by atoms with Gasteiger partial charge in [0, 0.05) is 19.6 Å². The molecule has 1 aromatic carbocycles. The maximum atomic E-state index is 11.7. The van der Waals surface area contributed by atoms with Crippen molar-refractivity contribution in [1.29, 1.82) is 0 Å². The quantitative estimate of drug-likeness (QED) is 0.687. The molecule has 0 unspecified atom stereocenters. The van der Waals surface area contributed by atoms with Crippen molar-refractivity contribution in [2.75, 3.05) is 19.6 Å². The summed E-state index contributed by atoms with van der Waals surface area (Å²) in [5.41, 5.74) is 2.48. The van der Waals surface area contributed by atoms with Crippen LogP contribution < -0.4 is 10.6 Å². The Labute approximate surface area is 128 Å². The van der Waals surface area contributed by atoms with E-state index in [1.807, 2.05) is 6.07 Å². The van der Waals surface area contributed by atoms with E-state index in [2.05, 4.69) is 54.5 Å². The molecule has 0 aliphatic heterocycles. The zero-order valence-electron chi connectivity index (χ0n) is 13.6. The zero-order valence-corrected chi connectivity index (χ0v) is 13.6. The van der Waals surface area contributed by atoms with Crippen molar-refractivity contribution in [1.82, 2.24) is 15.5 Å². The Bertz CT molecular complexity index is 416. The number of hydrogen-bond acceptors (Lipinski definition) is 2. The SMILES string of the molecule is CCCCNC(=O)NCc1ccccc1CN(CC)CC. The summed E-state index contributed by atoms with van der Waals surface area (Å²) in [7, 11) is 0. The molecule has 0 radical (unpaired) electrons. The minimum absolute atomic E-state index is 0.0823. The number of unbranched alkanes of at least 4 members (excludes halogenated alkanes) is 1. The third kappa shape index (κ3) is 6.63. The number of carbonyl (C=O) groups is 1. The van der Waals surface area contributed by atoms with Crippen LogP contribution in [0.4, 0.5) is 4.79 Å². The Morgan fingerprint density at radius 1 is 1.05 bits per heavy atom. The molecule has 0 fully saturated rings. The first-order valence-corrected chi connectivity index (χ1v) is 8.02. The number of carbonyl (C=O) groups excluding carboxylic acids is 1. The molecule has 0 aliphatic rings. The first-order valence-electron chi connectivity index (χ1n) is 8.02. The van der Waals surface area contributed by atoms with Crippen LogP contribution in [0.25, 0.3) is 0 Å². The molecule has 118 valence electrons. The summed E-state index contributed by atoms with van der Waals surface area (Å²) in [6.45, 7) is 10.8. The maximum Gasteiger partial charge on any atom is 0.315 e. The van der Waals surface area contributed by atoms with E-state index in [4.69, 9.17) is 0 Å². The van der Waals surface area contributed by atoms with E-state index in [1.54, 1.807) is 0 Å². The second-order valence-corrected chi connectivity index (χ2v) is 5.19. The maximum absolute atomic E-state index is 11.7. The lowest BCUT2D eigenvalue weighted by molar-refractivity contribution is 0.240. The first-order chi connectivity index (χ1) is 10.2. The molecule has 2 N–H and O–H groups in total. The van der Waals surface area contributed by atoms with Crippen molar-refractivity contribution in [3.63, 3.8) is 0 Å². The molecule has 0 aliphatic carbocycles. The van der Waals surface area contributed by atoms with E-state index in [9.17, 15) is 4.79 Å². The minimum Gasteiger partial charge on any atom is -0.338 e. The first kappa shape index (κ1) is 17.5. The van der Waals surface area contributed by atoms with Crippen molar-refractivity contribution in [2.24, 2.45) is 0 Å². The fourth-order valence-corrected chi connectivity index (χ4v) is 2.19. The molecule has 0 heterocycles. The number of nitrogens with zero attached hydrogens (tertiary/aromatic N) is 1. The molecule has 0 aromatic heterocycles. The van der Waals surface area contributed by atoms with Crippen molar-refractivity contribution < 1.29 is 4.79 Å². The average molecular weight is 291 g/mol. The number of urea groups is 1. The zero-order chi connectivity index (χ0) is 15.5. The second kappa shape index (κ2) is 10.2. The van der Waals surface area contributed by atoms with Gasteiger partial charge in [0.2, 0.25) is 0 Å². The molecule has 0 bridgehead atoms. The molecule has 0 saturated heterocycles. The van der Waals surface area contributed by atoms with Gasteiger partial charge >= 0.3 is 6.03 Å². The Balaban J connectivity index is 2.52. The van der Waals surface area contributed by atoms with Crippen LogP contribution in [0.15, 0.2) is 24.3 Å². The number of benzene rings is 1. The monoisotopic (exact) mass is 291 g/mol. The van der Waals surface area contributed by atoms with Crippen LogP contribution in [0.3, 0.4) is 0 Å². The van der Waals surface area contributed by atoms with Gasteiger partial charge in [0.1, 0.15) is 0 Å². The summed E-state index contributed by atoms with van der Waals surface area (Å²) in [4.78, 5) is 14.1. The summed E-state index contributed by atoms with van der Waals surface area (Å²) >= 11 is 0. The van der Waals surface area contributed by atoms with Crippen LogP contribution in [-0.4, -0.2) is 30.6 Å². The predicted octanol–water partition coefficient (Wildman–Crippen LogP) is 3.13. The summed E-state index contributed by atoms with van der Waals surface area (Å²) in [5.74, 6) is 0. The average Bonchev–Trinajstić information content (AvgIpc) is 2.51. The lowest BCUT2D eigenvalue weighted by atomic mass is 10.1. The fourth-order valence-electron chi connectivity index (χ4n) is 2.19. The highest BCUT2D eigenvalue weighted by Gasteiger charge is 2.07. The molecule has 0 saturated carbocycles. The van der Waals surface area contributed by atoms with Gasteiger partial charge in [-0.15, -0.1) is 0 Å². The van der Waals surface area contributed by atoms with Crippen LogP contribution in [0, 0.1) is 0 Å². The predicted molar refractivity (Wildman–Crippen MR) is 88.2 cm³/mol. The van der Waals surface area contributed by atoms with Gasteiger partial charge in [0.25, 0.3) is 0 Å². The highest BCUT2D eigenvalue weighted by molar-refractivity contribution is 5.73. The Kier molecular flexibility index (Phi) is 8.51. The van der Waals surface area contributed by atoms with E-state index in [0.29, 0.717) is 6.54 Å². The van der Waals surface area contributed by atoms with Gasteiger partial charge in [-0.05, 0) is 30.6 Å². The molecule has 0 atom stereocenters. The van der Waals surface area contributed by atoms with Crippen molar-refractivity contribution >= 4 is 6.03 Å². The second-order valence-electron chi connectivity index (χ2n) is 5.19. The molecule has 1 rings (SSSR count). The van der Waals surface area contributed by atoms with Crippen LogP contribution >= 0.6 is 0 Å². The number of rotatable bonds is 9. The summed E-state index contributed by atoms with van der Waals surface area (Å²) < 4.78 is 0. The van der Waals surface area contributed by atoms with Crippen LogP contribution in [0.2, 0.25) is 0 Å². The van der Waals surface area contributed by atoms with Crippen LogP contribution in [0.5, 0.6) is 0 Å². The molecule has 21 heavy (non-hydrogen) atoms. The van der Waals surface area contributed by atoms with Gasteiger partial charge in [-0.1, -0.05) is 51.5 Å². The molecule has 4 heteroatoms. The third-order valence-electron chi connectivity index (χ3n) is 3.66. The summed E-state index contributed by atoms with van der Waals surface area (Å²) in [6, 6.07) is 8.23.